The summed E-state index contributed by atoms with van der Waals surface area (Å²) in [6, 6.07) is 0. The van der Waals surface area contributed by atoms with Crippen molar-refractivity contribution in [2.75, 3.05) is 6.61 Å². The van der Waals surface area contributed by atoms with Gasteiger partial charge < -0.3 is 4.89 Å². The predicted octanol–water partition coefficient (Wildman–Crippen LogP) is 5.14. The monoisotopic (exact) mass is 275 g/mol. The second kappa shape index (κ2) is 15.1. The van der Waals surface area contributed by atoms with Gasteiger partial charge in [0.15, 0.2) is 0 Å². The van der Waals surface area contributed by atoms with Gasteiger partial charge >= 0.3 is 8.17 Å². The number of hydrogen-bond donors (Lipinski definition) is 1. The summed E-state index contributed by atoms with van der Waals surface area (Å²) in [5, 5.41) is 6.72. The van der Waals surface area contributed by atoms with Crippen molar-refractivity contribution in [2.24, 2.45) is 0 Å². The van der Waals surface area contributed by atoms with Crippen LogP contribution in [0.1, 0.15) is 84.0 Å². The van der Waals surface area contributed by atoms with Crippen molar-refractivity contribution in [3.8, 4) is 0 Å². The molecule has 108 valence electrons. The summed E-state index contributed by atoms with van der Waals surface area (Å²) in [6.07, 6.45) is 15.7. The lowest BCUT2D eigenvalue weighted by atomic mass is 10.1. The average molecular weight is 275 g/mol. The van der Waals surface area contributed by atoms with Gasteiger partial charge in [0.1, 0.15) is 6.61 Å². The molecule has 0 aromatic heterocycles. The van der Waals surface area contributed by atoms with Gasteiger partial charge in [-0.05, 0) is 6.42 Å². The number of hydrogen-bond acceptors (Lipinski definition) is 3. The average Bonchev–Trinajstić information content (AvgIpc) is 2.34. The number of unbranched alkanes of at least 4 members (excludes halogenated alkanes) is 11. The Balaban J connectivity index is 2.92. The molecular weight excluding hydrogens is 245 g/mol. The highest BCUT2D eigenvalue weighted by Gasteiger charge is 1.96. The first-order valence-electron chi connectivity index (χ1n) is 7.58. The van der Waals surface area contributed by atoms with Crippen LogP contribution >= 0.6 is 8.17 Å². The van der Waals surface area contributed by atoms with Crippen LogP contribution in [-0.2, 0) is 4.52 Å². The van der Waals surface area contributed by atoms with Crippen molar-refractivity contribution in [1.29, 1.82) is 5.16 Å². The van der Waals surface area contributed by atoms with Crippen molar-refractivity contribution in [3.63, 3.8) is 0 Å². The third-order valence-electron chi connectivity index (χ3n) is 3.21. The molecule has 4 heteroatoms. The molecule has 0 spiro atoms. The topological polar surface area (TPSA) is 56.1 Å². The van der Waals surface area contributed by atoms with Crippen LogP contribution in [0, 0.1) is 5.16 Å². The summed E-state index contributed by atoms with van der Waals surface area (Å²) in [5.74, 6) is 0. The second-order valence-corrected chi connectivity index (χ2v) is 5.75. The van der Waals surface area contributed by atoms with Crippen molar-refractivity contribution in [1.82, 2.24) is 0 Å². The van der Waals surface area contributed by atoms with E-state index in [0.29, 0.717) is 6.61 Å². The standard InChI is InChI=1S/C14H30NO2P/c1-2-3-4-5-6-7-8-9-10-11-12-13-14-17-18(15)16/h15H,2-14H2,1H3. The Morgan fingerprint density at radius 2 is 1.17 bits per heavy atom. The zero-order chi connectivity index (χ0) is 13.5. The van der Waals surface area contributed by atoms with E-state index in [4.69, 9.17) is 9.69 Å². The first-order valence-corrected chi connectivity index (χ1v) is 8.76. The minimum Gasteiger partial charge on any atom is -0.584 e. The summed E-state index contributed by atoms with van der Waals surface area (Å²) >= 11 is 0. The van der Waals surface area contributed by atoms with E-state index < -0.39 is 8.17 Å². The van der Waals surface area contributed by atoms with Crippen LogP contribution in [0.4, 0.5) is 0 Å². The molecule has 0 amide bonds. The van der Waals surface area contributed by atoms with Crippen molar-refractivity contribution < 1.29 is 9.42 Å². The number of nitrogens with one attached hydrogen (secondary N) is 1. The molecule has 0 aliphatic rings. The van der Waals surface area contributed by atoms with E-state index in [9.17, 15) is 4.89 Å². The SMILES string of the molecule is CCCCCCCCCCCCCCO[P+](=N)[O-]. The molecule has 0 saturated heterocycles. The van der Waals surface area contributed by atoms with Crippen molar-refractivity contribution in [2.45, 2.75) is 84.0 Å². The van der Waals surface area contributed by atoms with Gasteiger partial charge in [0.2, 0.25) is 0 Å². The molecule has 1 unspecified atom stereocenters. The van der Waals surface area contributed by atoms with Gasteiger partial charge in [-0.3, -0.25) is 0 Å². The summed E-state index contributed by atoms with van der Waals surface area (Å²) in [6.45, 7) is 2.74. The fourth-order valence-electron chi connectivity index (χ4n) is 2.09. The highest BCUT2D eigenvalue weighted by Crippen LogP contribution is 2.14. The molecule has 18 heavy (non-hydrogen) atoms. The van der Waals surface area contributed by atoms with E-state index in [1.165, 1.54) is 64.2 Å². The Kier molecular flexibility index (Phi) is 15.1. The molecule has 0 aliphatic carbocycles. The minimum atomic E-state index is -2.14. The lowest BCUT2D eigenvalue weighted by Crippen LogP contribution is -1.93. The van der Waals surface area contributed by atoms with Crippen molar-refractivity contribution in [3.05, 3.63) is 0 Å². The van der Waals surface area contributed by atoms with E-state index in [-0.39, 0.29) is 0 Å². The first-order chi connectivity index (χ1) is 8.77. The lowest BCUT2D eigenvalue weighted by molar-refractivity contribution is -0.176. The molecule has 1 N–H and O–H groups in total. The Bertz CT molecular complexity index is 189. The van der Waals surface area contributed by atoms with Gasteiger partial charge in [-0.25, -0.2) is 0 Å². The zero-order valence-electron chi connectivity index (χ0n) is 12.0. The smallest absolute Gasteiger partial charge is 0.338 e. The summed E-state index contributed by atoms with van der Waals surface area (Å²) in [5.41, 5.74) is 0. The molecule has 0 aliphatic heterocycles. The van der Waals surface area contributed by atoms with Gasteiger partial charge in [0.25, 0.3) is 0 Å². The van der Waals surface area contributed by atoms with Crippen LogP contribution in [0.5, 0.6) is 0 Å². The fourth-order valence-corrected chi connectivity index (χ4v) is 2.39. The maximum Gasteiger partial charge on any atom is 0.338 e. The molecule has 0 saturated carbocycles. The van der Waals surface area contributed by atoms with E-state index >= 15 is 0 Å². The van der Waals surface area contributed by atoms with E-state index in [1.54, 1.807) is 0 Å². The molecule has 0 radical (unpaired) electrons. The Morgan fingerprint density at radius 3 is 1.56 bits per heavy atom. The maximum absolute atomic E-state index is 10.3. The van der Waals surface area contributed by atoms with Gasteiger partial charge in [0.05, 0.1) is 0 Å². The molecule has 3 nitrogen and oxygen atoms in total. The summed E-state index contributed by atoms with van der Waals surface area (Å²) < 4.78 is 4.71. The molecule has 0 rings (SSSR count). The van der Waals surface area contributed by atoms with Crippen LogP contribution in [0.3, 0.4) is 0 Å². The maximum atomic E-state index is 10.3. The fraction of sp³-hybridized carbons (Fsp3) is 1.00. The second-order valence-electron chi connectivity index (χ2n) is 4.98. The summed E-state index contributed by atoms with van der Waals surface area (Å²) in [7, 11) is -2.14. The largest absolute Gasteiger partial charge is 0.584 e. The Morgan fingerprint density at radius 1 is 0.778 bits per heavy atom. The van der Waals surface area contributed by atoms with Crippen LogP contribution in [-0.4, -0.2) is 6.61 Å². The molecule has 0 heterocycles. The third kappa shape index (κ3) is 16.0. The lowest BCUT2D eigenvalue weighted by Gasteiger charge is -2.02. The third-order valence-corrected chi connectivity index (χ3v) is 3.62. The van der Waals surface area contributed by atoms with Crippen LogP contribution < -0.4 is 4.89 Å². The first kappa shape index (κ1) is 18.0. The zero-order valence-corrected chi connectivity index (χ0v) is 12.9. The molecular formula is C14H30NO2P. The highest BCUT2D eigenvalue weighted by molar-refractivity contribution is 7.31. The molecule has 0 bridgehead atoms. The predicted molar refractivity (Wildman–Crippen MR) is 76.7 cm³/mol. The van der Waals surface area contributed by atoms with Gasteiger partial charge in [-0.2, -0.15) is 4.52 Å². The van der Waals surface area contributed by atoms with Crippen LogP contribution in [0.25, 0.3) is 0 Å². The van der Waals surface area contributed by atoms with Crippen LogP contribution in [0.15, 0.2) is 0 Å². The quantitative estimate of drug-likeness (QED) is 0.352. The van der Waals surface area contributed by atoms with Gasteiger partial charge in [-0.1, -0.05) is 82.7 Å². The van der Waals surface area contributed by atoms with E-state index in [0.717, 1.165) is 12.8 Å². The molecule has 1 atom stereocenters. The molecule has 0 fully saturated rings. The number of rotatable bonds is 14. The molecule has 0 aromatic carbocycles. The van der Waals surface area contributed by atoms with E-state index in [1.807, 2.05) is 0 Å². The highest BCUT2D eigenvalue weighted by atomic mass is 31.1. The normalized spacial score (nSPS) is 11.8. The Hall–Kier alpha value is 0.0200. The van der Waals surface area contributed by atoms with Crippen molar-refractivity contribution >= 4 is 8.17 Å². The van der Waals surface area contributed by atoms with E-state index in [2.05, 4.69) is 6.92 Å². The van der Waals surface area contributed by atoms with Gasteiger partial charge in [-0.15, -0.1) is 0 Å². The summed E-state index contributed by atoms with van der Waals surface area (Å²) in [4.78, 5) is 10.3. The molecule has 0 aromatic rings. The van der Waals surface area contributed by atoms with Gasteiger partial charge in [0, 0.05) is 0 Å². The Labute approximate surface area is 114 Å². The minimum absolute atomic E-state index is 0.482. The van der Waals surface area contributed by atoms with Crippen LogP contribution in [0.2, 0.25) is 0 Å².